The van der Waals surface area contributed by atoms with E-state index in [-0.39, 0.29) is 43.4 Å². The zero-order valence-corrected chi connectivity index (χ0v) is 28.1. The van der Waals surface area contributed by atoms with Crippen molar-refractivity contribution in [2.75, 3.05) is 0 Å². The van der Waals surface area contributed by atoms with Crippen molar-refractivity contribution >= 4 is 37.1 Å². The summed E-state index contributed by atoms with van der Waals surface area (Å²) in [5.41, 5.74) is 6.24. The molecule has 3 aliphatic carbocycles. The van der Waals surface area contributed by atoms with Crippen LogP contribution >= 0.6 is 11.3 Å². The maximum atomic E-state index is 8.25. The quantitative estimate of drug-likeness (QED) is 0.170. The van der Waals surface area contributed by atoms with Crippen LogP contribution in [-0.2, 0) is 20.1 Å². The fourth-order valence-corrected chi connectivity index (χ4v) is 8.11. The van der Waals surface area contributed by atoms with Gasteiger partial charge >= 0.3 is 0 Å². The molecule has 3 aromatic heterocycles. The van der Waals surface area contributed by atoms with E-state index in [0.717, 1.165) is 44.1 Å². The molecule has 227 valence electrons. The maximum absolute atomic E-state index is 8.25. The van der Waals surface area contributed by atoms with Crippen LogP contribution in [0.3, 0.4) is 0 Å². The molecule has 8 rings (SSSR count). The molecule has 0 amide bonds. The number of benzene rings is 2. The van der Waals surface area contributed by atoms with E-state index in [2.05, 4.69) is 48.0 Å². The number of hydrogen-bond donors (Lipinski definition) is 0. The van der Waals surface area contributed by atoms with Crippen LogP contribution in [-0.4, -0.2) is 9.97 Å². The third-order valence-corrected chi connectivity index (χ3v) is 10.4. The summed E-state index contributed by atoms with van der Waals surface area (Å²) in [6, 6.07) is 19.0. The molecular weight excluding hydrogens is 733 g/mol. The van der Waals surface area contributed by atoms with E-state index >= 15 is 0 Å². The molecule has 0 spiro atoms. The Balaban J connectivity index is 0.000000167. The van der Waals surface area contributed by atoms with E-state index in [9.17, 15) is 0 Å². The number of pyridine rings is 2. The summed E-state index contributed by atoms with van der Waals surface area (Å²) < 4.78 is 40.8. The summed E-state index contributed by atoms with van der Waals surface area (Å²) in [6.45, 7) is -2.45. The molecule has 2 nitrogen and oxygen atoms in total. The molecule has 0 saturated heterocycles. The van der Waals surface area contributed by atoms with E-state index in [0.29, 0.717) is 5.56 Å². The van der Waals surface area contributed by atoms with Crippen LogP contribution in [0.4, 0.5) is 0 Å². The predicted octanol–water partition coefficient (Wildman–Crippen LogP) is 11.5. The van der Waals surface area contributed by atoms with Gasteiger partial charge in [-0.1, -0.05) is 86.3 Å². The normalized spacial score (nSPS) is 19.2. The molecule has 1 radical (unpaired) electrons. The number of fused-ring (bicyclic) bond motifs is 3. The minimum Gasteiger partial charge on any atom is -0.320 e. The summed E-state index contributed by atoms with van der Waals surface area (Å²) in [5, 5.41) is 2.16. The second-order valence-corrected chi connectivity index (χ2v) is 13.1. The van der Waals surface area contributed by atoms with Crippen molar-refractivity contribution in [1.82, 2.24) is 9.97 Å². The van der Waals surface area contributed by atoms with Crippen molar-refractivity contribution in [3.63, 3.8) is 0 Å². The summed E-state index contributed by atoms with van der Waals surface area (Å²) in [4.78, 5) is 9.02. The summed E-state index contributed by atoms with van der Waals surface area (Å²) in [5.74, 6) is 1.56. The Labute approximate surface area is 287 Å². The van der Waals surface area contributed by atoms with Crippen molar-refractivity contribution in [1.29, 1.82) is 0 Å². The number of allylic oxidation sites excluding steroid dienone is 4. The minimum atomic E-state index is -2.45. The van der Waals surface area contributed by atoms with Crippen LogP contribution in [0.1, 0.15) is 93.8 Å². The second-order valence-electron chi connectivity index (χ2n) is 12.0. The van der Waals surface area contributed by atoms with Gasteiger partial charge in [-0.3, -0.25) is 0 Å². The van der Waals surface area contributed by atoms with Gasteiger partial charge in [-0.05, 0) is 83.0 Å². The Morgan fingerprint density at radius 3 is 2.48 bits per heavy atom. The molecule has 5 aromatic rings. The number of nitrogens with zero attached hydrogens (tertiary/aromatic N) is 2. The van der Waals surface area contributed by atoms with Gasteiger partial charge in [0.05, 0.1) is 2.74 Å². The molecule has 3 heterocycles. The SMILES string of the molecule is C1=C(c2ccc(C3CCCCC3)cn2)[CH-]CC=C1C1CCCC1.[2H]c1c(C([2H])([2H])[2H])cnc(-c2[c-]ccc3c2sc2ccccc23)c1[2H].[Ir]. The van der Waals surface area contributed by atoms with E-state index in [4.69, 9.17) is 11.8 Å². The predicted molar refractivity (Wildman–Crippen MR) is 183 cm³/mol. The van der Waals surface area contributed by atoms with Crippen molar-refractivity contribution in [3.05, 3.63) is 120 Å². The van der Waals surface area contributed by atoms with Crippen LogP contribution < -0.4 is 0 Å². The number of thiophene rings is 1. The van der Waals surface area contributed by atoms with Crippen molar-refractivity contribution < 1.29 is 27.0 Å². The van der Waals surface area contributed by atoms with Crippen LogP contribution in [0.25, 0.3) is 37.0 Å². The standard InChI is InChI=1S/C22H28N.C18H12NS.Ir/c1-2-7-18(8-3-1)21-13-14-22(23-16-21)20-12-6-11-19(15-20)17-9-4-5-10-17;1-12-9-10-16(19-11-12)15-7-4-6-14-13-5-2-3-8-17(13)20-18(14)15;/h11-18H,1-10H2;2-6,8-11H,1H3;/q2*-1;/i;1D3,9D,10D;. The molecule has 2 fully saturated rings. The Kier molecular flexibility index (Phi) is 8.23. The molecule has 2 saturated carbocycles. The molecule has 3 aliphatic rings. The van der Waals surface area contributed by atoms with Gasteiger partial charge in [-0.2, -0.15) is 29.4 Å². The Bertz CT molecular complexity index is 1980. The third kappa shape index (κ3) is 6.79. The number of aryl methyl sites for hydroxylation is 1. The minimum absolute atomic E-state index is 0. The van der Waals surface area contributed by atoms with Gasteiger partial charge < -0.3 is 9.97 Å². The van der Waals surface area contributed by atoms with E-state index in [1.165, 1.54) is 75.1 Å². The van der Waals surface area contributed by atoms with Gasteiger partial charge in [0.2, 0.25) is 0 Å². The van der Waals surface area contributed by atoms with E-state index in [1.54, 1.807) is 23.0 Å². The molecule has 44 heavy (non-hydrogen) atoms. The first kappa shape index (κ1) is 25.2. The smallest absolute Gasteiger partial charge is 0.0618 e. The fraction of sp³-hybridized carbons (Fsp3) is 0.325. The molecule has 0 atom stereocenters. The molecule has 0 unspecified atom stereocenters. The van der Waals surface area contributed by atoms with Gasteiger partial charge in [-0.25, -0.2) is 0 Å². The average Bonchev–Trinajstić information content (AvgIpc) is 3.79. The molecule has 0 N–H and O–H groups in total. The Hall–Kier alpha value is -3.04. The van der Waals surface area contributed by atoms with Gasteiger partial charge in [0.15, 0.2) is 0 Å². The van der Waals surface area contributed by atoms with E-state index in [1.807, 2.05) is 30.3 Å². The average molecular weight is 778 g/mol. The summed E-state index contributed by atoms with van der Waals surface area (Å²) in [7, 11) is 0. The van der Waals surface area contributed by atoms with Crippen LogP contribution in [0.5, 0.6) is 0 Å². The monoisotopic (exact) mass is 778 g/mol. The zero-order chi connectivity index (χ0) is 33.3. The summed E-state index contributed by atoms with van der Waals surface area (Å²) in [6.07, 6.45) is 24.0. The molecule has 4 heteroatoms. The van der Waals surface area contributed by atoms with Crippen LogP contribution in [0, 0.1) is 25.3 Å². The van der Waals surface area contributed by atoms with Gasteiger partial charge in [0.1, 0.15) is 0 Å². The third-order valence-electron chi connectivity index (χ3n) is 9.21. The first-order valence-corrected chi connectivity index (χ1v) is 16.6. The second kappa shape index (κ2) is 14.4. The zero-order valence-electron chi connectivity index (χ0n) is 29.9. The Morgan fingerprint density at radius 1 is 0.864 bits per heavy atom. The number of rotatable bonds is 4. The van der Waals surface area contributed by atoms with Crippen molar-refractivity contribution in [3.8, 4) is 11.3 Å². The molecular formula is C40H40IrN2S-2. The van der Waals surface area contributed by atoms with E-state index < -0.39 is 6.85 Å². The maximum Gasteiger partial charge on any atom is 0.0618 e. The molecule has 0 bridgehead atoms. The Morgan fingerprint density at radius 2 is 1.66 bits per heavy atom. The van der Waals surface area contributed by atoms with Crippen molar-refractivity contribution in [2.45, 2.75) is 77.0 Å². The van der Waals surface area contributed by atoms with Gasteiger partial charge in [0, 0.05) is 41.3 Å². The van der Waals surface area contributed by atoms with Crippen LogP contribution in [0.2, 0.25) is 0 Å². The summed E-state index contributed by atoms with van der Waals surface area (Å²) >= 11 is 1.58. The van der Waals surface area contributed by atoms with Crippen molar-refractivity contribution in [2.24, 2.45) is 5.92 Å². The van der Waals surface area contributed by atoms with Crippen LogP contribution in [0.15, 0.2) is 90.7 Å². The molecule has 2 aromatic carbocycles. The largest absolute Gasteiger partial charge is 0.320 e. The number of aromatic nitrogens is 2. The number of hydrogen-bond acceptors (Lipinski definition) is 3. The topological polar surface area (TPSA) is 25.8 Å². The first-order chi connectivity index (χ1) is 23.3. The first-order valence-electron chi connectivity index (χ1n) is 18.3. The fourth-order valence-electron chi connectivity index (χ4n) is 6.91. The molecule has 0 aliphatic heterocycles. The van der Waals surface area contributed by atoms with Gasteiger partial charge in [-0.15, -0.1) is 35.4 Å². The van der Waals surface area contributed by atoms with Gasteiger partial charge in [0.25, 0.3) is 0 Å².